The molecular weight excluding hydrogens is 190 g/mol. The first-order valence-electron chi connectivity index (χ1n) is 5.26. The molecule has 0 fully saturated rings. The average Bonchev–Trinajstić information content (AvgIpc) is 2.67. The quantitative estimate of drug-likeness (QED) is 0.732. The molecule has 0 bridgehead atoms. The van der Waals surface area contributed by atoms with E-state index in [-0.39, 0.29) is 12.1 Å². The summed E-state index contributed by atoms with van der Waals surface area (Å²) in [5.74, 6) is 0. The van der Waals surface area contributed by atoms with Gasteiger partial charge in [0.25, 0.3) is 0 Å². The molecule has 2 rings (SSSR count). The van der Waals surface area contributed by atoms with Crippen LogP contribution in [0.3, 0.4) is 0 Å². The molecule has 0 aromatic heterocycles. The van der Waals surface area contributed by atoms with Gasteiger partial charge in [0.15, 0.2) is 0 Å². The molecule has 80 valence electrons. The van der Waals surface area contributed by atoms with Gasteiger partial charge >= 0.3 is 0 Å². The number of fused-ring (bicyclic) bond motifs is 1. The van der Waals surface area contributed by atoms with Crippen LogP contribution in [-0.4, -0.2) is 17.5 Å². The van der Waals surface area contributed by atoms with Gasteiger partial charge in [-0.1, -0.05) is 31.2 Å². The molecule has 2 N–H and O–H groups in total. The van der Waals surface area contributed by atoms with Gasteiger partial charge in [-0.3, -0.25) is 5.32 Å². The Labute approximate surface area is 89.1 Å². The van der Waals surface area contributed by atoms with Crippen molar-refractivity contribution in [2.75, 3.05) is 0 Å². The monoisotopic (exact) mass is 205 g/mol. The van der Waals surface area contributed by atoms with Gasteiger partial charge in [0.1, 0.15) is 6.29 Å². The van der Waals surface area contributed by atoms with E-state index in [9.17, 15) is 9.90 Å². The van der Waals surface area contributed by atoms with Gasteiger partial charge in [-0.25, -0.2) is 0 Å². The van der Waals surface area contributed by atoms with Crippen LogP contribution in [0.25, 0.3) is 0 Å². The van der Waals surface area contributed by atoms with E-state index >= 15 is 0 Å². The van der Waals surface area contributed by atoms with Crippen LogP contribution in [0.5, 0.6) is 0 Å². The summed E-state index contributed by atoms with van der Waals surface area (Å²) in [4.78, 5) is 10.9. The number of aliphatic hydroxyl groups is 1. The summed E-state index contributed by atoms with van der Waals surface area (Å²) in [5.41, 5.74) is 2.04. The third kappa shape index (κ3) is 1.68. The van der Waals surface area contributed by atoms with E-state index in [1.54, 1.807) is 0 Å². The maximum Gasteiger partial charge on any atom is 0.141 e. The number of hydrogen-bond acceptors (Lipinski definition) is 3. The predicted octanol–water partition coefficient (Wildman–Crippen LogP) is 1.34. The van der Waals surface area contributed by atoms with Crippen LogP contribution in [0.4, 0.5) is 0 Å². The highest BCUT2D eigenvalue weighted by molar-refractivity contribution is 5.65. The molecule has 1 aromatic rings. The van der Waals surface area contributed by atoms with Gasteiger partial charge in [-0.2, -0.15) is 0 Å². The molecule has 1 aromatic carbocycles. The van der Waals surface area contributed by atoms with Gasteiger partial charge in [-0.15, -0.1) is 0 Å². The number of carbonyl (C=O) groups is 1. The minimum Gasteiger partial charge on any atom is -0.391 e. The Morgan fingerprint density at radius 3 is 2.73 bits per heavy atom. The first kappa shape index (κ1) is 10.3. The SMILES string of the molecule is CCC(O)C1NC(C=O)c2ccccc21. The fourth-order valence-electron chi connectivity index (χ4n) is 2.12. The molecule has 3 heteroatoms. The van der Waals surface area contributed by atoms with Crippen molar-refractivity contribution in [1.82, 2.24) is 5.32 Å². The van der Waals surface area contributed by atoms with Gasteiger partial charge in [0.05, 0.1) is 18.2 Å². The summed E-state index contributed by atoms with van der Waals surface area (Å²) in [6.07, 6.45) is 1.13. The van der Waals surface area contributed by atoms with E-state index in [1.807, 2.05) is 31.2 Å². The molecule has 0 saturated heterocycles. The second-order valence-corrected chi connectivity index (χ2v) is 3.86. The Morgan fingerprint density at radius 2 is 2.13 bits per heavy atom. The Bertz CT molecular complexity index is 364. The normalized spacial score (nSPS) is 26.0. The molecule has 3 nitrogen and oxygen atoms in total. The van der Waals surface area contributed by atoms with Crippen LogP contribution in [-0.2, 0) is 4.79 Å². The van der Waals surface area contributed by atoms with Crippen LogP contribution >= 0.6 is 0 Å². The maximum absolute atomic E-state index is 10.9. The van der Waals surface area contributed by atoms with Crippen molar-refractivity contribution in [3.05, 3.63) is 35.4 Å². The second-order valence-electron chi connectivity index (χ2n) is 3.86. The fourth-order valence-corrected chi connectivity index (χ4v) is 2.12. The fraction of sp³-hybridized carbons (Fsp3) is 0.417. The largest absolute Gasteiger partial charge is 0.391 e. The van der Waals surface area contributed by atoms with Gasteiger partial charge < -0.3 is 9.90 Å². The summed E-state index contributed by atoms with van der Waals surface area (Å²) in [6.45, 7) is 1.93. The molecule has 3 unspecified atom stereocenters. The minimum absolute atomic E-state index is 0.110. The molecule has 0 aliphatic carbocycles. The summed E-state index contributed by atoms with van der Waals surface area (Å²) < 4.78 is 0. The van der Waals surface area contributed by atoms with E-state index in [0.717, 1.165) is 17.4 Å². The van der Waals surface area contributed by atoms with Crippen molar-refractivity contribution in [2.24, 2.45) is 0 Å². The number of rotatable bonds is 3. The predicted molar refractivity (Wildman–Crippen MR) is 57.4 cm³/mol. The molecule has 1 aliphatic rings. The summed E-state index contributed by atoms with van der Waals surface area (Å²) in [7, 11) is 0. The number of aliphatic hydroxyl groups excluding tert-OH is 1. The lowest BCUT2D eigenvalue weighted by Crippen LogP contribution is -2.28. The molecule has 3 atom stereocenters. The van der Waals surface area contributed by atoms with Crippen molar-refractivity contribution in [3.8, 4) is 0 Å². The number of benzene rings is 1. The zero-order chi connectivity index (χ0) is 10.8. The summed E-state index contributed by atoms with van der Waals surface area (Å²) in [6, 6.07) is 7.37. The number of aldehydes is 1. The third-order valence-corrected chi connectivity index (χ3v) is 2.96. The molecule has 0 spiro atoms. The van der Waals surface area contributed by atoms with Crippen LogP contribution in [0, 0.1) is 0 Å². The molecule has 0 radical (unpaired) electrons. The van der Waals surface area contributed by atoms with Crippen molar-refractivity contribution >= 4 is 6.29 Å². The number of nitrogens with one attached hydrogen (secondary N) is 1. The van der Waals surface area contributed by atoms with Gasteiger partial charge in [0, 0.05) is 0 Å². The highest BCUT2D eigenvalue weighted by atomic mass is 16.3. The topological polar surface area (TPSA) is 49.3 Å². The van der Waals surface area contributed by atoms with Crippen LogP contribution in [0.1, 0.15) is 36.6 Å². The smallest absolute Gasteiger partial charge is 0.141 e. The maximum atomic E-state index is 10.9. The molecule has 0 saturated carbocycles. The van der Waals surface area contributed by atoms with Gasteiger partial charge in [0.2, 0.25) is 0 Å². The molecule has 1 heterocycles. The van der Waals surface area contributed by atoms with E-state index in [4.69, 9.17) is 0 Å². The first-order chi connectivity index (χ1) is 7.27. The molecule has 15 heavy (non-hydrogen) atoms. The van der Waals surface area contributed by atoms with E-state index in [2.05, 4.69) is 5.32 Å². The van der Waals surface area contributed by atoms with E-state index in [1.165, 1.54) is 0 Å². The van der Waals surface area contributed by atoms with Crippen molar-refractivity contribution in [3.63, 3.8) is 0 Å². The van der Waals surface area contributed by atoms with Crippen LogP contribution < -0.4 is 5.32 Å². The lowest BCUT2D eigenvalue weighted by Gasteiger charge is -2.18. The van der Waals surface area contributed by atoms with E-state index < -0.39 is 6.10 Å². The second kappa shape index (κ2) is 4.13. The van der Waals surface area contributed by atoms with Gasteiger partial charge in [-0.05, 0) is 17.5 Å². The van der Waals surface area contributed by atoms with Crippen molar-refractivity contribution in [2.45, 2.75) is 31.5 Å². The lowest BCUT2D eigenvalue weighted by atomic mass is 9.98. The zero-order valence-corrected chi connectivity index (χ0v) is 8.68. The lowest BCUT2D eigenvalue weighted by molar-refractivity contribution is -0.109. The molecular formula is C12H15NO2. The molecule has 1 aliphatic heterocycles. The van der Waals surface area contributed by atoms with Crippen molar-refractivity contribution < 1.29 is 9.90 Å². The summed E-state index contributed by atoms with van der Waals surface area (Å²) >= 11 is 0. The number of hydrogen-bond donors (Lipinski definition) is 2. The highest BCUT2D eigenvalue weighted by Gasteiger charge is 2.32. The first-order valence-corrected chi connectivity index (χ1v) is 5.26. The van der Waals surface area contributed by atoms with E-state index in [0.29, 0.717) is 6.42 Å². The Balaban J connectivity index is 2.37. The zero-order valence-electron chi connectivity index (χ0n) is 8.68. The molecule has 0 amide bonds. The van der Waals surface area contributed by atoms with Crippen LogP contribution in [0.2, 0.25) is 0 Å². The number of carbonyl (C=O) groups excluding carboxylic acids is 1. The Morgan fingerprint density at radius 1 is 1.47 bits per heavy atom. The standard InChI is InChI=1S/C12H15NO2/c1-2-11(15)12-9-6-4-3-5-8(9)10(7-14)13-12/h3-7,10-13,15H,2H2,1H3. The van der Waals surface area contributed by atoms with Crippen LogP contribution in [0.15, 0.2) is 24.3 Å². The Kier molecular flexibility index (Phi) is 2.84. The minimum atomic E-state index is -0.434. The van der Waals surface area contributed by atoms with Crippen molar-refractivity contribution in [1.29, 1.82) is 0 Å². The summed E-state index contributed by atoms with van der Waals surface area (Å²) in [5, 5.41) is 13.0. The average molecular weight is 205 g/mol. The Hall–Kier alpha value is -1.19. The third-order valence-electron chi connectivity index (χ3n) is 2.96. The highest BCUT2D eigenvalue weighted by Crippen LogP contribution is 2.34.